The summed E-state index contributed by atoms with van der Waals surface area (Å²) in [7, 11) is 0. The highest BCUT2D eigenvalue weighted by atomic mass is 19.1. The molecule has 0 radical (unpaired) electrons. The Morgan fingerprint density at radius 3 is 2.56 bits per heavy atom. The molecule has 0 N–H and O–H groups in total. The molecule has 1 heteroatoms. The van der Waals surface area contributed by atoms with Gasteiger partial charge in [-0.15, -0.1) is 0 Å². The molecular formula is C15H19F. The monoisotopic (exact) mass is 218 g/mol. The van der Waals surface area contributed by atoms with Crippen molar-refractivity contribution in [2.45, 2.75) is 46.0 Å². The standard InChI is InChI=1S/C15H19F/c1-10-5-4-6-13(8-10)15-12(3)7-11(2)9-14(15)16/h7-9,13H,4-6H2,1-3H3. The fourth-order valence-electron chi connectivity index (χ4n) is 2.74. The van der Waals surface area contributed by atoms with Crippen molar-refractivity contribution in [3.8, 4) is 0 Å². The largest absolute Gasteiger partial charge is 0.207 e. The molecule has 0 amide bonds. The van der Waals surface area contributed by atoms with Gasteiger partial charge in [-0.2, -0.15) is 0 Å². The van der Waals surface area contributed by atoms with Crippen LogP contribution in [0.2, 0.25) is 0 Å². The number of hydrogen-bond donors (Lipinski definition) is 0. The summed E-state index contributed by atoms with van der Waals surface area (Å²) in [5, 5.41) is 0. The van der Waals surface area contributed by atoms with Crippen molar-refractivity contribution in [2.24, 2.45) is 0 Å². The van der Waals surface area contributed by atoms with Crippen molar-refractivity contribution in [1.82, 2.24) is 0 Å². The molecule has 1 aromatic rings. The van der Waals surface area contributed by atoms with E-state index in [9.17, 15) is 4.39 Å². The summed E-state index contributed by atoms with van der Waals surface area (Å²) < 4.78 is 14.0. The third-order valence-corrected chi connectivity index (χ3v) is 3.42. The predicted molar refractivity (Wildman–Crippen MR) is 66.2 cm³/mol. The van der Waals surface area contributed by atoms with Crippen molar-refractivity contribution < 1.29 is 4.39 Å². The van der Waals surface area contributed by atoms with Crippen LogP contribution in [0.25, 0.3) is 0 Å². The van der Waals surface area contributed by atoms with Gasteiger partial charge >= 0.3 is 0 Å². The van der Waals surface area contributed by atoms with Gasteiger partial charge in [0.2, 0.25) is 0 Å². The SMILES string of the molecule is CC1=CC(c2c(C)cc(C)cc2F)CCC1. The Bertz CT molecular complexity index is 406. The number of rotatable bonds is 1. The molecule has 0 nitrogen and oxygen atoms in total. The van der Waals surface area contributed by atoms with Crippen molar-refractivity contribution in [3.05, 3.63) is 46.3 Å². The summed E-state index contributed by atoms with van der Waals surface area (Å²) >= 11 is 0. The molecule has 0 aliphatic heterocycles. The number of halogens is 1. The maximum atomic E-state index is 14.0. The number of benzene rings is 1. The van der Waals surface area contributed by atoms with Gasteiger partial charge in [-0.1, -0.05) is 17.7 Å². The van der Waals surface area contributed by atoms with Gasteiger partial charge < -0.3 is 0 Å². The Labute approximate surface area is 97.2 Å². The molecule has 0 saturated heterocycles. The molecule has 0 saturated carbocycles. The van der Waals surface area contributed by atoms with Gasteiger partial charge in [0, 0.05) is 5.92 Å². The van der Waals surface area contributed by atoms with Crippen molar-refractivity contribution in [3.63, 3.8) is 0 Å². The molecule has 1 aliphatic carbocycles. The van der Waals surface area contributed by atoms with E-state index in [2.05, 4.69) is 19.1 Å². The van der Waals surface area contributed by atoms with E-state index in [4.69, 9.17) is 0 Å². The lowest BCUT2D eigenvalue weighted by Gasteiger charge is -2.22. The maximum Gasteiger partial charge on any atom is 0.127 e. The van der Waals surface area contributed by atoms with Crippen LogP contribution in [0.15, 0.2) is 23.8 Å². The Kier molecular flexibility index (Phi) is 3.13. The highest BCUT2D eigenvalue weighted by Gasteiger charge is 2.19. The Hall–Kier alpha value is -1.11. The van der Waals surface area contributed by atoms with Crippen LogP contribution in [0.1, 0.15) is 48.8 Å². The summed E-state index contributed by atoms with van der Waals surface area (Å²) in [6.07, 6.45) is 5.67. The molecule has 2 rings (SSSR count). The van der Waals surface area contributed by atoms with E-state index < -0.39 is 0 Å². The van der Waals surface area contributed by atoms with Gasteiger partial charge in [0.15, 0.2) is 0 Å². The van der Waals surface area contributed by atoms with Gasteiger partial charge in [0.1, 0.15) is 5.82 Å². The quantitative estimate of drug-likeness (QED) is 0.601. The van der Waals surface area contributed by atoms with Crippen LogP contribution < -0.4 is 0 Å². The third-order valence-electron chi connectivity index (χ3n) is 3.42. The lowest BCUT2D eigenvalue weighted by molar-refractivity contribution is 0.564. The molecule has 86 valence electrons. The summed E-state index contributed by atoms with van der Waals surface area (Å²) in [4.78, 5) is 0. The van der Waals surface area contributed by atoms with E-state index in [0.29, 0.717) is 0 Å². The summed E-state index contributed by atoms with van der Waals surface area (Å²) in [6.45, 7) is 6.11. The highest BCUT2D eigenvalue weighted by Crippen LogP contribution is 2.34. The zero-order valence-electron chi connectivity index (χ0n) is 10.3. The minimum absolute atomic E-state index is 0.0338. The summed E-state index contributed by atoms with van der Waals surface area (Å²) in [6, 6.07) is 3.73. The minimum Gasteiger partial charge on any atom is -0.207 e. The van der Waals surface area contributed by atoms with Gasteiger partial charge in [0.05, 0.1) is 0 Å². The summed E-state index contributed by atoms with van der Waals surface area (Å²) in [5.74, 6) is 0.253. The molecule has 1 atom stereocenters. The van der Waals surface area contributed by atoms with Gasteiger partial charge in [0.25, 0.3) is 0 Å². The number of aryl methyl sites for hydroxylation is 2. The van der Waals surface area contributed by atoms with Crippen molar-refractivity contribution in [2.75, 3.05) is 0 Å². The average Bonchev–Trinajstić information content (AvgIpc) is 2.15. The van der Waals surface area contributed by atoms with E-state index in [1.54, 1.807) is 6.07 Å². The Balaban J connectivity index is 2.44. The zero-order valence-corrected chi connectivity index (χ0v) is 10.3. The second-order valence-electron chi connectivity index (χ2n) is 4.99. The minimum atomic E-state index is -0.0338. The van der Waals surface area contributed by atoms with Crippen molar-refractivity contribution >= 4 is 0 Å². The molecule has 1 aromatic carbocycles. The smallest absolute Gasteiger partial charge is 0.127 e. The fourth-order valence-corrected chi connectivity index (χ4v) is 2.74. The first-order valence-corrected chi connectivity index (χ1v) is 6.02. The van der Waals surface area contributed by atoms with Crippen LogP contribution in [0.4, 0.5) is 4.39 Å². The second kappa shape index (κ2) is 4.40. The van der Waals surface area contributed by atoms with Gasteiger partial charge in [-0.25, -0.2) is 4.39 Å². The van der Waals surface area contributed by atoms with Crippen LogP contribution >= 0.6 is 0 Å². The number of hydrogen-bond acceptors (Lipinski definition) is 0. The molecule has 0 bridgehead atoms. The normalized spacial score (nSPS) is 20.8. The molecule has 1 aliphatic rings. The molecule has 16 heavy (non-hydrogen) atoms. The molecule has 0 spiro atoms. The van der Waals surface area contributed by atoms with Crippen LogP contribution in [0, 0.1) is 19.7 Å². The van der Waals surface area contributed by atoms with E-state index >= 15 is 0 Å². The Morgan fingerprint density at radius 1 is 1.19 bits per heavy atom. The summed E-state index contributed by atoms with van der Waals surface area (Å²) in [5.41, 5.74) is 4.41. The number of allylic oxidation sites excluding steroid dienone is 2. The first-order chi connectivity index (χ1) is 7.58. The van der Waals surface area contributed by atoms with E-state index in [0.717, 1.165) is 23.1 Å². The maximum absolute atomic E-state index is 14.0. The van der Waals surface area contributed by atoms with Crippen LogP contribution in [0.5, 0.6) is 0 Å². The van der Waals surface area contributed by atoms with E-state index in [1.807, 2.05) is 13.8 Å². The van der Waals surface area contributed by atoms with Gasteiger partial charge in [-0.3, -0.25) is 0 Å². The highest BCUT2D eigenvalue weighted by molar-refractivity contribution is 5.37. The average molecular weight is 218 g/mol. The molecular weight excluding hydrogens is 199 g/mol. The first-order valence-electron chi connectivity index (χ1n) is 6.02. The van der Waals surface area contributed by atoms with E-state index in [1.165, 1.54) is 18.4 Å². The van der Waals surface area contributed by atoms with Crippen LogP contribution in [-0.2, 0) is 0 Å². The lowest BCUT2D eigenvalue weighted by Crippen LogP contribution is -2.07. The van der Waals surface area contributed by atoms with Crippen molar-refractivity contribution in [1.29, 1.82) is 0 Å². The van der Waals surface area contributed by atoms with Crippen LogP contribution in [-0.4, -0.2) is 0 Å². The fraction of sp³-hybridized carbons (Fsp3) is 0.467. The zero-order chi connectivity index (χ0) is 11.7. The molecule has 1 unspecified atom stereocenters. The van der Waals surface area contributed by atoms with Gasteiger partial charge in [-0.05, 0) is 62.8 Å². The predicted octanol–water partition coefficient (Wildman–Crippen LogP) is 4.66. The molecule has 0 aromatic heterocycles. The van der Waals surface area contributed by atoms with Crippen LogP contribution in [0.3, 0.4) is 0 Å². The third kappa shape index (κ3) is 2.18. The topological polar surface area (TPSA) is 0 Å². The lowest BCUT2D eigenvalue weighted by atomic mass is 9.83. The second-order valence-corrected chi connectivity index (χ2v) is 4.99. The Morgan fingerprint density at radius 2 is 1.94 bits per heavy atom. The molecule has 0 heterocycles. The first kappa shape index (κ1) is 11.4. The molecule has 0 fully saturated rings. The van der Waals surface area contributed by atoms with E-state index in [-0.39, 0.29) is 11.7 Å².